The van der Waals surface area contributed by atoms with Crippen LogP contribution in [0.3, 0.4) is 0 Å². The molecule has 3 rings (SSSR count). The number of methoxy groups -OCH3 is 1. The Hall–Kier alpha value is -2.82. The highest BCUT2D eigenvalue weighted by atomic mass is 16.5. The van der Waals surface area contributed by atoms with Crippen molar-refractivity contribution in [2.75, 3.05) is 20.2 Å². The van der Waals surface area contributed by atoms with E-state index in [9.17, 15) is 0 Å². The lowest BCUT2D eigenvalue weighted by Gasteiger charge is -2.32. The van der Waals surface area contributed by atoms with Crippen LogP contribution in [0.2, 0.25) is 0 Å². The minimum absolute atomic E-state index is 0.0248. The highest BCUT2D eigenvalue weighted by molar-refractivity contribution is 5.34. The van der Waals surface area contributed by atoms with Crippen LogP contribution in [0.1, 0.15) is 25.0 Å². The minimum atomic E-state index is 0.0248. The van der Waals surface area contributed by atoms with Gasteiger partial charge in [-0.1, -0.05) is 56.3 Å². The van der Waals surface area contributed by atoms with Gasteiger partial charge in [0.25, 0.3) is 0 Å². The Bertz CT molecular complexity index is 925. The quantitative estimate of drug-likeness (QED) is 0.486. The smallest absolute Gasteiger partial charge is 0.127 e. The molecule has 0 aliphatic carbocycles. The summed E-state index contributed by atoms with van der Waals surface area (Å²) in [7, 11) is 1.70. The Balaban J connectivity index is 1.77. The van der Waals surface area contributed by atoms with Crippen molar-refractivity contribution in [3.8, 4) is 17.2 Å². The van der Waals surface area contributed by atoms with Gasteiger partial charge in [0.2, 0.25) is 0 Å². The molecule has 0 aliphatic heterocycles. The first kappa shape index (κ1) is 21.9. The lowest BCUT2D eigenvalue weighted by atomic mass is 9.92. The zero-order valence-electron chi connectivity index (χ0n) is 18.2. The van der Waals surface area contributed by atoms with Gasteiger partial charge in [0.05, 0.1) is 7.11 Å². The van der Waals surface area contributed by atoms with Crippen LogP contribution in [0, 0.1) is 5.41 Å². The number of nitrogens with zero attached hydrogens (tertiary/aromatic N) is 1. The third-order valence-electron chi connectivity index (χ3n) is 5.03. The van der Waals surface area contributed by atoms with E-state index in [1.165, 1.54) is 11.1 Å². The molecule has 0 radical (unpaired) electrons. The zero-order valence-corrected chi connectivity index (χ0v) is 18.2. The Kier molecular flexibility index (Phi) is 7.50. The lowest BCUT2D eigenvalue weighted by molar-refractivity contribution is 0.168. The highest BCUT2D eigenvalue weighted by Gasteiger charge is 2.21. The van der Waals surface area contributed by atoms with Crippen molar-refractivity contribution in [3.63, 3.8) is 0 Å². The number of hydrogen-bond acceptors (Lipinski definition) is 4. The predicted octanol–water partition coefficient (Wildman–Crippen LogP) is 5.47. The number of ether oxygens (including phenoxy) is 2. The molecular formula is C26H32N2O2. The van der Waals surface area contributed by atoms with E-state index in [4.69, 9.17) is 15.2 Å². The van der Waals surface area contributed by atoms with Gasteiger partial charge in [-0.3, -0.25) is 4.90 Å². The molecule has 4 heteroatoms. The van der Waals surface area contributed by atoms with Crippen molar-refractivity contribution in [1.82, 2.24) is 4.90 Å². The average molecular weight is 405 g/mol. The number of rotatable bonds is 10. The summed E-state index contributed by atoms with van der Waals surface area (Å²) in [4.78, 5) is 2.43. The van der Waals surface area contributed by atoms with E-state index >= 15 is 0 Å². The van der Waals surface area contributed by atoms with Gasteiger partial charge in [-0.15, -0.1) is 0 Å². The molecule has 0 amide bonds. The molecule has 0 atom stereocenters. The summed E-state index contributed by atoms with van der Waals surface area (Å²) in [6.07, 6.45) is 0. The van der Waals surface area contributed by atoms with Gasteiger partial charge in [-0.2, -0.15) is 0 Å². The van der Waals surface area contributed by atoms with Crippen LogP contribution in [-0.4, -0.2) is 25.1 Å². The molecule has 0 aliphatic rings. The zero-order chi connectivity index (χ0) is 21.4. The normalized spacial score (nSPS) is 11.5. The molecule has 158 valence electrons. The van der Waals surface area contributed by atoms with Crippen LogP contribution in [0.25, 0.3) is 0 Å². The van der Waals surface area contributed by atoms with Crippen molar-refractivity contribution in [2.24, 2.45) is 11.1 Å². The largest absolute Gasteiger partial charge is 0.497 e. The molecule has 0 saturated heterocycles. The Labute approximate surface area is 180 Å². The van der Waals surface area contributed by atoms with Gasteiger partial charge in [0.1, 0.15) is 17.2 Å². The highest BCUT2D eigenvalue weighted by Crippen LogP contribution is 2.25. The van der Waals surface area contributed by atoms with E-state index in [0.29, 0.717) is 6.54 Å². The van der Waals surface area contributed by atoms with Gasteiger partial charge in [-0.25, -0.2) is 0 Å². The molecule has 0 fully saturated rings. The molecule has 0 unspecified atom stereocenters. The Morgan fingerprint density at radius 1 is 0.767 bits per heavy atom. The molecule has 0 spiro atoms. The molecular weight excluding hydrogens is 372 g/mol. The van der Waals surface area contributed by atoms with Crippen molar-refractivity contribution >= 4 is 0 Å². The van der Waals surface area contributed by atoms with E-state index in [-0.39, 0.29) is 5.41 Å². The van der Waals surface area contributed by atoms with Crippen LogP contribution in [0.15, 0.2) is 78.9 Å². The van der Waals surface area contributed by atoms with E-state index in [2.05, 4.69) is 43.0 Å². The first-order valence-corrected chi connectivity index (χ1v) is 10.3. The molecule has 0 bridgehead atoms. The maximum Gasteiger partial charge on any atom is 0.127 e. The molecule has 3 aromatic rings. The van der Waals surface area contributed by atoms with Gasteiger partial charge < -0.3 is 15.2 Å². The second kappa shape index (κ2) is 10.3. The second-order valence-corrected chi connectivity index (χ2v) is 8.43. The second-order valence-electron chi connectivity index (χ2n) is 8.43. The summed E-state index contributed by atoms with van der Waals surface area (Å²) in [5.41, 5.74) is 8.48. The van der Waals surface area contributed by atoms with Crippen LogP contribution < -0.4 is 15.2 Å². The number of para-hydroxylation sites is 1. The number of benzene rings is 3. The maximum absolute atomic E-state index is 6.03. The third-order valence-corrected chi connectivity index (χ3v) is 5.03. The molecule has 2 N–H and O–H groups in total. The van der Waals surface area contributed by atoms with Gasteiger partial charge in [0, 0.05) is 19.6 Å². The Morgan fingerprint density at radius 2 is 1.33 bits per heavy atom. The van der Waals surface area contributed by atoms with E-state index < -0.39 is 0 Å². The average Bonchev–Trinajstić information content (AvgIpc) is 2.74. The molecule has 3 aromatic carbocycles. The molecule has 0 saturated carbocycles. The van der Waals surface area contributed by atoms with Crippen LogP contribution >= 0.6 is 0 Å². The molecule has 0 heterocycles. The summed E-state index contributed by atoms with van der Waals surface area (Å²) >= 11 is 0. The van der Waals surface area contributed by atoms with Gasteiger partial charge in [-0.05, 0) is 59.5 Å². The topological polar surface area (TPSA) is 47.7 Å². The monoisotopic (exact) mass is 404 g/mol. The van der Waals surface area contributed by atoms with E-state index in [1.54, 1.807) is 7.11 Å². The van der Waals surface area contributed by atoms with Gasteiger partial charge >= 0.3 is 0 Å². The van der Waals surface area contributed by atoms with E-state index in [1.807, 2.05) is 54.6 Å². The SMILES string of the molecule is COc1cccc(CN(Cc2cccc(Oc3ccccc3)c2)CC(C)(C)CN)c1. The first-order chi connectivity index (χ1) is 14.5. The number of hydrogen-bond donors (Lipinski definition) is 1. The van der Waals surface area contributed by atoms with Crippen LogP contribution in [0.4, 0.5) is 0 Å². The fourth-order valence-electron chi connectivity index (χ4n) is 3.46. The molecule has 4 nitrogen and oxygen atoms in total. The summed E-state index contributed by atoms with van der Waals surface area (Å²) in [6, 6.07) is 26.4. The van der Waals surface area contributed by atoms with E-state index in [0.717, 1.165) is 36.9 Å². The Morgan fingerprint density at radius 3 is 1.93 bits per heavy atom. The summed E-state index contributed by atoms with van der Waals surface area (Å²) < 4.78 is 11.4. The van der Waals surface area contributed by atoms with Crippen LogP contribution in [0.5, 0.6) is 17.2 Å². The van der Waals surface area contributed by atoms with Crippen molar-refractivity contribution in [2.45, 2.75) is 26.9 Å². The first-order valence-electron chi connectivity index (χ1n) is 10.3. The lowest BCUT2D eigenvalue weighted by Crippen LogP contribution is -2.38. The molecule has 0 aromatic heterocycles. The fourth-order valence-corrected chi connectivity index (χ4v) is 3.46. The predicted molar refractivity (Wildman–Crippen MR) is 123 cm³/mol. The summed E-state index contributed by atoms with van der Waals surface area (Å²) in [5, 5.41) is 0. The summed E-state index contributed by atoms with van der Waals surface area (Å²) in [5.74, 6) is 2.56. The standard InChI is InChI=1S/C26H32N2O2/c1-26(2,19-27)20-28(17-21-9-7-13-24(15-21)29-3)18-22-10-8-14-25(16-22)30-23-11-5-4-6-12-23/h4-16H,17-20,27H2,1-3H3. The fraction of sp³-hybridized carbons (Fsp3) is 0.308. The van der Waals surface area contributed by atoms with Gasteiger partial charge in [0.15, 0.2) is 0 Å². The minimum Gasteiger partial charge on any atom is -0.497 e. The molecule has 30 heavy (non-hydrogen) atoms. The summed E-state index contributed by atoms with van der Waals surface area (Å²) in [6.45, 7) is 7.58. The van der Waals surface area contributed by atoms with Crippen molar-refractivity contribution < 1.29 is 9.47 Å². The van der Waals surface area contributed by atoms with Crippen LogP contribution in [-0.2, 0) is 13.1 Å². The van der Waals surface area contributed by atoms with Crippen molar-refractivity contribution in [1.29, 1.82) is 0 Å². The maximum atomic E-state index is 6.03. The van der Waals surface area contributed by atoms with Crippen molar-refractivity contribution in [3.05, 3.63) is 90.0 Å². The number of nitrogens with two attached hydrogens (primary N) is 1. The third kappa shape index (κ3) is 6.61.